The largest absolute Gasteiger partial charge is 0.311 e. The van der Waals surface area contributed by atoms with Crippen LogP contribution in [0.5, 0.6) is 0 Å². The highest BCUT2D eigenvalue weighted by molar-refractivity contribution is 4.98. The summed E-state index contributed by atoms with van der Waals surface area (Å²) in [5, 5.41) is 15.5. The summed E-state index contributed by atoms with van der Waals surface area (Å²) >= 11 is 0. The molecular formula is C12H20N6. The molecule has 0 aliphatic heterocycles. The molecule has 0 saturated heterocycles. The van der Waals surface area contributed by atoms with Gasteiger partial charge < -0.3 is 5.32 Å². The molecule has 2 rings (SSSR count). The Bertz CT molecular complexity index is 445. The summed E-state index contributed by atoms with van der Waals surface area (Å²) < 4.78 is 3.82. The van der Waals surface area contributed by atoms with Gasteiger partial charge in [-0.2, -0.15) is 5.10 Å². The first-order valence-corrected chi connectivity index (χ1v) is 6.34. The molecule has 98 valence electrons. The van der Waals surface area contributed by atoms with E-state index in [1.54, 1.807) is 6.20 Å². The van der Waals surface area contributed by atoms with Crippen LogP contribution in [0.3, 0.4) is 0 Å². The van der Waals surface area contributed by atoms with Gasteiger partial charge in [-0.15, -0.1) is 5.10 Å². The van der Waals surface area contributed by atoms with Gasteiger partial charge in [0.2, 0.25) is 0 Å². The Morgan fingerprint density at radius 2 is 2.22 bits per heavy atom. The summed E-state index contributed by atoms with van der Waals surface area (Å²) in [7, 11) is 0. The number of hydrogen-bond acceptors (Lipinski definition) is 4. The van der Waals surface area contributed by atoms with E-state index in [0.717, 1.165) is 31.7 Å². The van der Waals surface area contributed by atoms with Gasteiger partial charge in [0.25, 0.3) is 0 Å². The van der Waals surface area contributed by atoms with Crippen LogP contribution in [-0.4, -0.2) is 31.3 Å². The Hall–Kier alpha value is -1.69. The molecule has 2 aromatic heterocycles. The number of aryl methyl sites for hydroxylation is 1. The zero-order valence-corrected chi connectivity index (χ0v) is 11.0. The summed E-state index contributed by atoms with van der Waals surface area (Å²) in [6, 6.07) is 2.48. The third-order valence-electron chi connectivity index (χ3n) is 2.71. The molecule has 18 heavy (non-hydrogen) atoms. The summed E-state index contributed by atoms with van der Waals surface area (Å²) in [5.74, 6) is 0. The van der Waals surface area contributed by atoms with E-state index in [1.807, 2.05) is 21.8 Å². The van der Waals surface area contributed by atoms with E-state index in [-0.39, 0.29) is 0 Å². The van der Waals surface area contributed by atoms with Crippen molar-refractivity contribution in [3.8, 4) is 0 Å². The zero-order valence-electron chi connectivity index (χ0n) is 11.0. The molecule has 0 aliphatic carbocycles. The van der Waals surface area contributed by atoms with Gasteiger partial charge in [-0.05, 0) is 32.9 Å². The van der Waals surface area contributed by atoms with E-state index in [2.05, 4.69) is 40.6 Å². The second-order valence-corrected chi connectivity index (χ2v) is 4.58. The van der Waals surface area contributed by atoms with Crippen LogP contribution >= 0.6 is 0 Å². The monoisotopic (exact) mass is 248 g/mol. The van der Waals surface area contributed by atoms with Gasteiger partial charge in [0, 0.05) is 31.5 Å². The molecule has 0 saturated carbocycles. The third kappa shape index (κ3) is 3.66. The van der Waals surface area contributed by atoms with Crippen LogP contribution in [0.4, 0.5) is 0 Å². The van der Waals surface area contributed by atoms with Crippen LogP contribution in [0.2, 0.25) is 0 Å². The molecule has 0 atom stereocenters. The highest BCUT2D eigenvalue weighted by Crippen LogP contribution is 2.03. The first-order valence-electron chi connectivity index (χ1n) is 6.34. The van der Waals surface area contributed by atoms with Crippen molar-refractivity contribution >= 4 is 0 Å². The average Bonchev–Trinajstić information content (AvgIpc) is 2.98. The first-order chi connectivity index (χ1) is 8.75. The molecule has 0 bridgehead atoms. The van der Waals surface area contributed by atoms with Gasteiger partial charge in [-0.3, -0.25) is 9.36 Å². The Kier molecular flexibility index (Phi) is 4.46. The molecule has 0 spiro atoms. The van der Waals surface area contributed by atoms with Crippen molar-refractivity contribution < 1.29 is 0 Å². The van der Waals surface area contributed by atoms with Crippen LogP contribution in [0.1, 0.15) is 32.0 Å². The minimum atomic E-state index is 0.422. The molecule has 2 aromatic rings. The molecule has 0 fully saturated rings. The average molecular weight is 248 g/mol. The van der Waals surface area contributed by atoms with E-state index in [1.165, 1.54) is 0 Å². The van der Waals surface area contributed by atoms with Gasteiger partial charge >= 0.3 is 0 Å². The molecular weight excluding hydrogens is 228 g/mol. The van der Waals surface area contributed by atoms with E-state index >= 15 is 0 Å². The maximum Gasteiger partial charge on any atom is 0.0762 e. The van der Waals surface area contributed by atoms with E-state index < -0.39 is 0 Å². The SMILES string of the molecule is CC(C)n1ccc(CNCCCn2ccnn2)n1. The summed E-state index contributed by atoms with van der Waals surface area (Å²) in [6.45, 7) is 6.92. The minimum absolute atomic E-state index is 0.422. The Morgan fingerprint density at radius 1 is 1.33 bits per heavy atom. The molecule has 6 heteroatoms. The lowest BCUT2D eigenvalue weighted by Gasteiger charge is -2.05. The third-order valence-corrected chi connectivity index (χ3v) is 2.71. The van der Waals surface area contributed by atoms with Crippen LogP contribution in [0, 0.1) is 0 Å². The number of hydrogen-bond donors (Lipinski definition) is 1. The van der Waals surface area contributed by atoms with Crippen molar-refractivity contribution in [1.82, 2.24) is 30.1 Å². The van der Waals surface area contributed by atoms with E-state index in [0.29, 0.717) is 6.04 Å². The second-order valence-electron chi connectivity index (χ2n) is 4.58. The molecule has 0 amide bonds. The maximum absolute atomic E-state index is 4.48. The lowest BCUT2D eigenvalue weighted by molar-refractivity contribution is 0.510. The molecule has 1 N–H and O–H groups in total. The Morgan fingerprint density at radius 3 is 2.89 bits per heavy atom. The normalized spacial score (nSPS) is 11.3. The van der Waals surface area contributed by atoms with Crippen molar-refractivity contribution in [2.75, 3.05) is 6.54 Å². The van der Waals surface area contributed by atoms with Crippen LogP contribution in [-0.2, 0) is 13.1 Å². The van der Waals surface area contributed by atoms with Crippen LogP contribution in [0.25, 0.3) is 0 Å². The number of rotatable bonds is 7. The van der Waals surface area contributed by atoms with Crippen molar-refractivity contribution in [3.05, 3.63) is 30.4 Å². The second kappa shape index (κ2) is 6.30. The highest BCUT2D eigenvalue weighted by Gasteiger charge is 2.01. The Labute approximate surface area is 107 Å². The highest BCUT2D eigenvalue weighted by atomic mass is 15.4. The standard InChI is InChI=1S/C12H20N6/c1-11(2)18-8-4-12(15-18)10-13-5-3-7-17-9-6-14-16-17/h4,6,8-9,11,13H,3,5,7,10H2,1-2H3. The van der Waals surface area contributed by atoms with Gasteiger partial charge in [-0.25, -0.2) is 0 Å². The van der Waals surface area contributed by atoms with Gasteiger partial charge in [0.05, 0.1) is 11.9 Å². The summed E-state index contributed by atoms with van der Waals surface area (Å²) in [6.07, 6.45) is 6.64. The van der Waals surface area contributed by atoms with Crippen molar-refractivity contribution in [1.29, 1.82) is 0 Å². The van der Waals surface area contributed by atoms with Crippen molar-refractivity contribution in [2.45, 2.75) is 39.4 Å². The zero-order chi connectivity index (χ0) is 12.8. The van der Waals surface area contributed by atoms with Gasteiger partial charge in [-0.1, -0.05) is 5.21 Å². The summed E-state index contributed by atoms with van der Waals surface area (Å²) in [4.78, 5) is 0. The molecule has 0 aliphatic rings. The number of nitrogens with zero attached hydrogens (tertiary/aromatic N) is 5. The first kappa shape index (κ1) is 12.8. The maximum atomic E-state index is 4.48. The number of nitrogens with one attached hydrogen (secondary N) is 1. The van der Waals surface area contributed by atoms with Gasteiger partial charge in [0.1, 0.15) is 0 Å². The Balaban J connectivity index is 1.62. The minimum Gasteiger partial charge on any atom is -0.311 e. The van der Waals surface area contributed by atoms with E-state index in [9.17, 15) is 0 Å². The lowest BCUT2D eigenvalue weighted by atomic mass is 10.4. The quantitative estimate of drug-likeness (QED) is 0.749. The fraction of sp³-hybridized carbons (Fsp3) is 0.583. The number of aromatic nitrogens is 5. The molecule has 0 radical (unpaired) electrons. The van der Waals surface area contributed by atoms with Crippen LogP contribution in [0.15, 0.2) is 24.7 Å². The predicted molar refractivity (Wildman–Crippen MR) is 69.0 cm³/mol. The fourth-order valence-electron chi connectivity index (χ4n) is 1.69. The van der Waals surface area contributed by atoms with Gasteiger partial charge in [0.15, 0.2) is 0 Å². The van der Waals surface area contributed by atoms with Crippen molar-refractivity contribution in [2.24, 2.45) is 0 Å². The smallest absolute Gasteiger partial charge is 0.0762 e. The molecule has 0 unspecified atom stereocenters. The lowest BCUT2D eigenvalue weighted by Crippen LogP contribution is -2.17. The molecule has 6 nitrogen and oxygen atoms in total. The van der Waals surface area contributed by atoms with Crippen molar-refractivity contribution in [3.63, 3.8) is 0 Å². The topological polar surface area (TPSA) is 60.6 Å². The predicted octanol–water partition coefficient (Wildman–Crippen LogP) is 1.24. The molecule has 2 heterocycles. The fourth-order valence-corrected chi connectivity index (χ4v) is 1.69. The molecule has 0 aromatic carbocycles. The van der Waals surface area contributed by atoms with Crippen LogP contribution < -0.4 is 5.32 Å². The summed E-state index contributed by atoms with van der Waals surface area (Å²) in [5.41, 5.74) is 1.09. The van der Waals surface area contributed by atoms with E-state index in [4.69, 9.17) is 0 Å².